The molecule has 0 saturated carbocycles. The molecule has 0 aromatic heterocycles. The highest BCUT2D eigenvalue weighted by Crippen LogP contribution is 2.39. The van der Waals surface area contributed by atoms with Gasteiger partial charge in [0.2, 0.25) is 0 Å². The predicted octanol–water partition coefficient (Wildman–Crippen LogP) is 4.11. The third-order valence-electron chi connectivity index (χ3n) is 4.42. The van der Waals surface area contributed by atoms with Gasteiger partial charge in [-0.2, -0.15) is 0 Å². The van der Waals surface area contributed by atoms with E-state index in [0.29, 0.717) is 25.2 Å². The Bertz CT molecular complexity index is 455. The van der Waals surface area contributed by atoms with Gasteiger partial charge in [0.05, 0.1) is 13.2 Å². The van der Waals surface area contributed by atoms with Gasteiger partial charge in [-0.25, -0.2) is 0 Å². The molecule has 3 heteroatoms. The van der Waals surface area contributed by atoms with Crippen LogP contribution in [0.5, 0.6) is 11.5 Å². The van der Waals surface area contributed by atoms with Crippen molar-refractivity contribution in [2.75, 3.05) is 19.8 Å². The van der Waals surface area contributed by atoms with E-state index in [-0.39, 0.29) is 0 Å². The fraction of sp³-hybridized carbons (Fsp3) is 0.667. The number of fused-ring (bicyclic) bond motifs is 1. The number of hydrogen-bond donors (Lipinski definition) is 1. The fourth-order valence-electron chi connectivity index (χ4n) is 3.31. The van der Waals surface area contributed by atoms with Crippen LogP contribution in [-0.2, 0) is 6.42 Å². The topological polar surface area (TPSA) is 30.5 Å². The summed E-state index contributed by atoms with van der Waals surface area (Å²) in [6.45, 7) is 11.0. The molecule has 1 atom stereocenters. The summed E-state index contributed by atoms with van der Waals surface area (Å²) in [7, 11) is 0. The Morgan fingerprint density at radius 2 is 1.67 bits per heavy atom. The minimum absolute atomic E-state index is 0.443. The number of nitrogens with one attached hydrogen (secondary N) is 1. The van der Waals surface area contributed by atoms with Crippen molar-refractivity contribution in [3.8, 4) is 11.5 Å². The maximum absolute atomic E-state index is 5.80. The lowest BCUT2D eigenvalue weighted by atomic mass is 9.83. The minimum Gasteiger partial charge on any atom is -0.490 e. The van der Waals surface area contributed by atoms with Gasteiger partial charge in [0.25, 0.3) is 0 Å². The maximum atomic E-state index is 5.80. The standard InChI is InChI=1S/C18H29NO2/c1-5-13(6-2)18-15-12-17(21-8-4)16(20-7-3)11-14(15)9-10-19-18/h11-13,18-19H,5-10H2,1-4H3. The molecule has 1 aliphatic heterocycles. The quantitative estimate of drug-likeness (QED) is 0.820. The summed E-state index contributed by atoms with van der Waals surface area (Å²) in [4.78, 5) is 0. The molecule has 1 heterocycles. The van der Waals surface area contributed by atoms with Crippen LogP contribution in [-0.4, -0.2) is 19.8 Å². The molecule has 1 aromatic rings. The lowest BCUT2D eigenvalue weighted by Crippen LogP contribution is -2.34. The zero-order valence-electron chi connectivity index (χ0n) is 13.9. The summed E-state index contributed by atoms with van der Waals surface area (Å²) in [6.07, 6.45) is 3.47. The summed E-state index contributed by atoms with van der Waals surface area (Å²) in [5, 5.41) is 3.70. The molecule has 118 valence electrons. The summed E-state index contributed by atoms with van der Waals surface area (Å²) in [6, 6.07) is 4.84. The first-order valence-electron chi connectivity index (χ1n) is 8.40. The molecule has 0 aliphatic carbocycles. The van der Waals surface area contributed by atoms with Crippen molar-refractivity contribution in [2.24, 2.45) is 5.92 Å². The van der Waals surface area contributed by atoms with Gasteiger partial charge in [0.1, 0.15) is 0 Å². The van der Waals surface area contributed by atoms with Crippen molar-refractivity contribution in [3.63, 3.8) is 0 Å². The van der Waals surface area contributed by atoms with Crippen molar-refractivity contribution < 1.29 is 9.47 Å². The third kappa shape index (κ3) is 3.52. The lowest BCUT2D eigenvalue weighted by molar-refractivity contribution is 0.283. The van der Waals surface area contributed by atoms with Gasteiger partial charge in [-0.15, -0.1) is 0 Å². The fourth-order valence-corrected chi connectivity index (χ4v) is 3.31. The summed E-state index contributed by atoms with van der Waals surface area (Å²) >= 11 is 0. The molecule has 2 rings (SSSR count). The van der Waals surface area contributed by atoms with Crippen molar-refractivity contribution in [3.05, 3.63) is 23.3 Å². The molecule has 1 N–H and O–H groups in total. The van der Waals surface area contributed by atoms with Crippen molar-refractivity contribution in [2.45, 2.75) is 53.0 Å². The van der Waals surface area contributed by atoms with E-state index in [1.807, 2.05) is 13.8 Å². The van der Waals surface area contributed by atoms with E-state index in [4.69, 9.17) is 9.47 Å². The van der Waals surface area contributed by atoms with Crippen LogP contribution in [0.3, 0.4) is 0 Å². The molecule has 1 aliphatic rings. The second-order valence-electron chi connectivity index (χ2n) is 5.62. The molecule has 0 saturated heterocycles. The second-order valence-corrected chi connectivity index (χ2v) is 5.62. The van der Waals surface area contributed by atoms with Crippen LogP contribution in [0.4, 0.5) is 0 Å². The SMILES string of the molecule is CCOc1cc2c(cc1OCC)C(C(CC)CC)NCC2. The predicted molar refractivity (Wildman–Crippen MR) is 87.3 cm³/mol. The highest BCUT2D eigenvalue weighted by Gasteiger charge is 2.27. The molecule has 0 bridgehead atoms. The van der Waals surface area contributed by atoms with Crippen LogP contribution in [0.15, 0.2) is 12.1 Å². The Morgan fingerprint density at radius 3 is 2.24 bits per heavy atom. The van der Waals surface area contributed by atoms with E-state index in [1.54, 1.807) is 0 Å². The number of ether oxygens (including phenoxy) is 2. The van der Waals surface area contributed by atoms with Gasteiger partial charge in [0.15, 0.2) is 11.5 Å². The van der Waals surface area contributed by atoms with Crippen LogP contribution in [0, 0.1) is 5.92 Å². The first kappa shape index (κ1) is 16.2. The second kappa shape index (κ2) is 7.69. The first-order valence-corrected chi connectivity index (χ1v) is 8.40. The molecule has 1 unspecified atom stereocenters. The molecule has 0 amide bonds. The molecule has 0 spiro atoms. The largest absolute Gasteiger partial charge is 0.490 e. The normalized spacial score (nSPS) is 17.7. The van der Waals surface area contributed by atoms with Crippen LogP contribution in [0.1, 0.15) is 57.7 Å². The lowest BCUT2D eigenvalue weighted by Gasteiger charge is -2.33. The Morgan fingerprint density at radius 1 is 1.05 bits per heavy atom. The Hall–Kier alpha value is -1.22. The first-order chi connectivity index (χ1) is 10.2. The summed E-state index contributed by atoms with van der Waals surface area (Å²) < 4.78 is 11.6. The van der Waals surface area contributed by atoms with E-state index in [2.05, 4.69) is 31.3 Å². The van der Waals surface area contributed by atoms with E-state index >= 15 is 0 Å². The van der Waals surface area contributed by atoms with Gasteiger partial charge in [-0.1, -0.05) is 26.7 Å². The minimum atomic E-state index is 0.443. The average Bonchev–Trinajstić information content (AvgIpc) is 2.50. The maximum Gasteiger partial charge on any atom is 0.161 e. The third-order valence-corrected chi connectivity index (χ3v) is 4.42. The van der Waals surface area contributed by atoms with Crippen molar-refractivity contribution in [1.82, 2.24) is 5.32 Å². The molecular weight excluding hydrogens is 262 g/mol. The number of rotatable bonds is 7. The van der Waals surface area contributed by atoms with Crippen LogP contribution < -0.4 is 14.8 Å². The Balaban J connectivity index is 2.40. The van der Waals surface area contributed by atoms with E-state index in [9.17, 15) is 0 Å². The summed E-state index contributed by atoms with van der Waals surface area (Å²) in [5.41, 5.74) is 2.82. The number of hydrogen-bond acceptors (Lipinski definition) is 3. The molecule has 0 fully saturated rings. The monoisotopic (exact) mass is 291 g/mol. The Kier molecular flexibility index (Phi) is 5.92. The van der Waals surface area contributed by atoms with E-state index in [1.165, 1.54) is 24.0 Å². The van der Waals surface area contributed by atoms with E-state index in [0.717, 1.165) is 24.5 Å². The van der Waals surface area contributed by atoms with Gasteiger partial charge in [0, 0.05) is 6.04 Å². The highest BCUT2D eigenvalue weighted by molar-refractivity contribution is 5.49. The molecule has 21 heavy (non-hydrogen) atoms. The van der Waals surface area contributed by atoms with Gasteiger partial charge >= 0.3 is 0 Å². The van der Waals surface area contributed by atoms with Gasteiger partial charge in [-0.05, 0) is 56.0 Å². The highest BCUT2D eigenvalue weighted by atomic mass is 16.5. The molecule has 1 aromatic carbocycles. The zero-order chi connectivity index (χ0) is 15.2. The average molecular weight is 291 g/mol. The van der Waals surface area contributed by atoms with Crippen LogP contribution in [0.25, 0.3) is 0 Å². The van der Waals surface area contributed by atoms with Crippen LogP contribution >= 0.6 is 0 Å². The van der Waals surface area contributed by atoms with Crippen LogP contribution in [0.2, 0.25) is 0 Å². The summed E-state index contributed by atoms with van der Waals surface area (Å²) in [5.74, 6) is 2.46. The van der Waals surface area contributed by atoms with Gasteiger partial charge < -0.3 is 14.8 Å². The zero-order valence-corrected chi connectivity index (χ0v) is 13.9. The Labute approximate surface area is 129 Å². The van der Waals surface area contributed by atoms with Crippen molar-refractivity contribution >= 4 is 0 Å². The van der Waals surface area contributed by atoms with Gasteiger partial charge in [-0.3, -0.25) is 0 Å². The molecule has 3 nitrogen and oxygen atoms in total. The smallest absolute Gasteiger partial charge is 0.161 e. The molecule has 0 radical (unpaired) electrons. The number of benzene rings is 1. The van der Waals surface area contributed by atoms with Crippen molar-refractivity contribution in [1.29, 1.82) is 0 Å². The molecular formula is C18H29NO2. The van der Waals surface area contributed by atoms with E-state index < -0.39 is 0 Å².